The van der Waals surface area contributed by atoms with Gasteiger partial charge in [0.05, 0.1) is 11.8 Å². The largest absolute Gasteiger partial charge is 0.457 e. The molecule has 5 rings (SSSR count). The van der Waals surface area contributed by atoms with Crippen LogP contribution in [0.2, 0.25) is 0 Å². The maximum absolute atomic E-state index is 13.9. The third kappa shape index (κ3) is 6.84. The molecule has 0 spiro atoms. The lowest BCUT2D eigenvalue weighted by molar-refractivity contribution is -0.140. The van der Waals surface area contributed by atoms with Crippen molar-refractivity contribution in [3.05, 3.63) is 59.7 Å². The number of carbonyl (C=O) groups excluding carboxylic acids is 2. The van der Waals surface area contributed by atoms with E-state index in [4.69, 9.17) is 9.47 Å². The van der Waals surface area contributed by atoms with E-state index in [1.54, 1.807) is 7.11 Å². The van der Waals surface area contributed by atoms with Crippen molar-refractivity contribution >= 4 is 11.8 Å². The second-order valence-corrected chi connectivity index (χ2v) is 13.1. The molecule has 0 aromatic heterocycles. The number of ether oxygens (including phenoxy) is 2. The van der Waals surface area contributed by atoms with Crippen LogP contribution in [0.15, 0.2) is 48.5 Å². The molecule has 1 N–H and O–H groups in total. The van der Waals surface area contributed by atoms with Gasteiger partial charge >= 0.3 is 0 Å². The van der Waals surface area contributed by atoms with Gasteiger partial charge in [-0.2, -0.15) is 0 Å². The van der Waals surface area contributed by atoms with Gasteiger partial charge in [-0.05, 0) is 70.0 Å². The predicted octanol–water partition coefficient (Wildman–Crippen LogP) is 5.62. The van der Waals surface area contributed by atoms with Crippen molar-refractivity contribution in [2.24, 2.45) is 17.8 Å². The van der Waals surface area contributed by atoms with Crippen LogP contribution in [0, 0.1) is 17.8 Å². The number of nitrogens with zero attached hydrogens (tertiary/aromatic N) is 2. The Labute approximate surface area is 251 Å². The van der Waals surface area contributed by atoms with E-state index in [9.17, 15) is 9.59 Å². The molecule has 3 aliphatic rings. The van der Waals surface area contributed by atoms with Crippen LogP contribution in [0.25, 0.3) is 0 Å². The van der Waals surface area contributed by atoms with Gasteiger partial charge in [-0.3, -0.25) is 9.59 Å². The van der Waals surface area contributed by atoms with Crippen LogP contribution in [0.4, 0.5) is 0 Å². The van der Waals surface area contributed by atoms with Crippen molar-refractivity contribution in [2.45, 2.75) is 70.3 Å². The van der Waals surface area contributed by atoms with Crippen LogP contribution in [0.1, 0.15) is 69.9 Å². The number of amides is 2. The Balaban J connectivity index is 1.34. The maximum atomic E-state index is 13.9. The second kappa shape index (κ2) is 13.6. The van der Waals surface area contributed by atoms with Crippen molar-refractivity contribution < 1.29 is 19.1 Å². The van der Waals surface area contributed by atoms with Gasteiger partial charge in [0.15, 0.2) is 0 Å². The van der Waals surface area contributed by atoms with Gasteiger partial charge in [0.25, 0.3) is 0 Å². The first-order chi connectivity index (χ1) is 20.3. The number of fused-ring (bicyclic) bond motifs is 2. The Morgan fingerprint density at radius 2 is 1.67 bits per heavy atom. The van der Waals surface area contributed by atoms with Gasteiger partial charge in [-0.25, -0.2) is 0 Å². The Kier molecular flexibility index (Phi) is 9.89. The molecule has 2 aromatic carbocycles. The number of hydrogen-bond donors (Lipinski definition) is 1. The summed E-state index contributed by atoms with van der Waals surface area (Å²) in [6.45, 7) is 7.83. The Morgan fingerprint density at radius 1 is 1.02 bits per heavy atom. The molecule has 2 amide bonds. The summed E-state index contributed by atoms with van der Waals surface area (Å²) in [6, 6.07) is 16.8. The zero-order valence-electron chi connectivity index (χ0n) is 25.9. The monoisotopic (exact) mass is 575 g/mol. The molecular formula is C35H49N3O4. The lowest BCUT2D eigenvalue weighted by atomic mass is 9.69. The third-order valence-electron chi connectivity index (χ3n) is 9.36. The molecule has 2 aromatic rings. The number of carbonyl (C=O) groups is 2. The molecule has 2 fully saturated rings. The number of benzene rings is 2. The summed E-state index contributed by atoms with van der Waals surface area (Å²) in [5.41, 5.74) is 1.81. The highest BCUT2D eigenvalue weighted by atomic mass is 16.5. The van der Waals surface area contributed by atoms with Crippen molar-refractivity contribution in [3.63, 3.8) is 0 Å². The average Bonchev–Trinajstić information content (AvgIpc) is 3.83. The number of methoxy groups -OCH3 is 1. The van der Waals surface area contributed by atoms with E-state index in [-0.39, 0.29) is 23.7 Å². The Bertz CT molecular complexity index is 1180. The van der Waals surface area contributed by atoms with E-state index in [1.165, 1.54) is 0 Å². The zero-order chi connectivity index (χ0) is 29.7. The number of likely N-dealkylation sites (tertiary alicyclic amines) is 1. The lowest BCUT2D eigenvalue weighted by Crippen LogP contribution is -2.52. The summed E-state index contributed by atoms with van der Waals surface area (Å²) in [5, 5.41) is 3.39. The quantitative estimate of drug-likeness (QED) is 0.314. The minimum absolute atomic E-state index is 0.0391. The van der Waals surface area contributed by atoms with E-state index in [0.29, 0.717) is 38.1 Å². The first-order valence-electron chi connectivity index (χ1n) is 15.9. The van der Waals surface area contributed by atoms with E-state index >= 15 is 0 Å². The van der Waals surface area contributed by atoms with Crippen LogP contribution in [0.3, 0.4) is 0 Å². The fraction of sp³-hybridized carbons (Fsp3) is 0.600. The number of hydrogen-bond acceptors (Lipinski definition) is 5. The highest BCUT2D eigenvalue weighted by Gasteiger charge is 2.44. The van der Waals surface area contributed by atoms with E-state index in [2.05, 4.69) is 53.2 Å². The minimum Gasteiger partial charge on any atom is -0.457 e. The molecule has 2 aliphatic heterocycles. The van der Waals surface area contributed by atoms with Gasteiger partial charge in [0.2, 0.25) is 11.8 Å². The molecule has 2 unspecified atom stereocenters. The first-order valence-corrected chi connectivity index (χ1v) is 15.9. The SMILES string of the molecule is COCCCCC1(CNC(=O)C2CC(C(=O)N(CCC(C)C)C3CC3)CN(C)C2)c2ccccc2Oc2ccccc21. The van der Waals surface area contributed by atoms with Gasteiger partial charge in [-0.15, -0.1) is 0 Å². The number of unbranched alkanes of at least 4 members (excludes halogenated alkanes) is 1. The number of para-hydroxylation sites is 2. The van der Waals surface area contributed by atoms with E-state index < -0.39 is 5.41 Å². The number of piperidine rings is 1. The Hall–Kier alpha value is -2.90. The van der Waals surface area contributed by atoms with Crippen LogP contribution < -0.4 is 10.1 Å². The third-order valence-corrected chi connectivity index (χ3v) is 9.36. The van der Waals surface area contributed by atoms with Crippen molar-refractivity contribution in [3.8, 4) is 11.5 Å². The molecule has 0 bridgehead atoms. The van der Waals surface area contributed by atoms with Crippen LogP contribution in [-0.2, 0) is 19.7 Å². The highest BCUT2D eigenvalue weighted by molar-refractivity contribution is 5.83. The summed E-state index contributed by atoms with van der Waals surface area (Å²) in [5.74, 6) is 2.18. The van der Waals surface area contributed by atoms with Crippen molar-refractivity contribution in [1.82, 2.24) is 15.1 Å². The molecular weight excluding hydrogens is 526 g/mol. The first kappa shape index (κ1) is 30.6. The summed E-state index contributed by atoms with van der Waals surface area (Å²) >= 11 is 0. The van der Waals surface area contributed by atoms with Gasteiger partial charge < -0.3 is 24.6 Å². The predicted molar refractivity (Wildman–Crippen MR) is 166 cm³/mol. The molecule has 1 saturated heterocycles. The van der Waals surface area contributed by atoms with Crippen LogP contribution >= 0.6 is 0 Å². The van der Waals surface area contributed by atoms with Crippen molar-refractivity contribution in [1.29, 1.82) is 0 Å². The molecule has 42 heavy (non-hydrogen) atoms. The summed E-state index contributed by atoms with van der Waals surface area (Å²) in [4.78, 5) is 32.0. The second-order valence-electron chi connectivity index (χ2n) is 13.1. The minimum atomic E-state index is -0.412. The average molecular weight is 576 g/mol. The van der Waals surface area contributed by atoms with E-state index in [1.807, 2.05) is 31.3 Å². The van der Waals surface area contributed by atoms with Crippen LogP contribution in [-0.4, -0.2) is 74.6 Å². The number of rotatable bonds is 13. The zero-order valence-corrected chi connectivity index (χ0v) is 25.9. The number of nitrogens with one attached hydrogen (secondary N) is 1. The summed E-state index contributed by atoms with van der Waals surface area (Å²) < 4.78 is 11.7. The standard InChI is InChI=1S/C35H49N3O4/c1-25(2)17-19-38(28-15-16-28)34(40)27-21-26(22-37(3)23-27)33(39)36-24-35(18-9-10-20-41-4)29-11-5-7-13-31(29)42-32-14-8-6-12-30(32)35/h5-8,11-14,25-28H,9-10,15-24H2,1-4H3,(H,36,39). The molecule has 0 radical (unpaired) electrons. The normalized spacial score (nSPS) is 21.3. The molecule has 1 saturated carbocycles. The molecule has 7 nitrogen and oxygen atoms in total. The molecule has 2 heterocycles. The fourth-order valence-corrected chi connectivity index (χ4v) is 6.95. The summed E-state index contributed by atoms with van der Waals surface area (Å²) in [7, 11) is 3.78. The Morgan fingerprint density at radius 3 is 2.29 bits per heavy atom. The van der Waals surface area contributed by atoms with E-state index in [0.717, 1.165) is 74.2 Å². The molecule has 7 heteroatoms. The van der Waals surface area contributed by atoms with Crippen LogP contribution in [0.5, 0.6) is 11.5 Å². The van der Waals surface area contributed by atoms with Crippen molar-refractivity contribution in [2.75, 3.05) is 46.9 Å². The smallest absolute Gasteiger partial charge is 0.227 e. The topological polar surface area (TPSA) is 71.1 Å². The molecule has 1 aliphatic carbocycles. The molecule has 228 valence electrons. The van der Waals surface area contributed by atoms with Gasteiger partial charge in [0.1, 0.15) is 11.5 Å². The van der Waals surface area contributed by atoms with Gasteiger partial charge in [0, 0.05) is 62.5 Å². The highest BCUT2D eigenvalue weighted by Crippen LogP contribution is 2.50. The summed E-state index contributed by atoms with van der Waals surface area (Å²) in [6.07, 6.45) is 6.62. The van der Waals surface area contributed by atoms with Gasteiger partial charge in [-0.1, -0.05) is 50.2 Å². The fourth-order valence-electron chi connectivity index (χ4n) is 6.95. The lowest BCUT2D eigenvalue weighted by Gasteiger charge is -2.41. The maximum Gasteiger partial charge on any atom is 0.227 e. The molecule has 2 atom stereocenters.